The predicted octanol–water partition coefficient (Wildman–Crippen LogP) is 3.36. The predicted molar refractivity (Wildman–Crippen MR) is 119 cm³/mol. The quantitative estimate of drug-likeness (QED) is 0.759. The summed E-state index contributed by atoms with van der Waals surface area (Å²) in [6.45, 7) is 4.68. The highest BCUT2D eigenvalue weighted by Crippen LogP contribution is 2.31. The average molecular weight is 409 g/mol. The lowest BCUT2D eigenvalue weighted by molar-refractivity contribution is -0.133. The molecule has 160 valence electrons. The Balaban J connectivity index is 1.38. The smallest absolute Gasteiger partial charge is 0.236 e. The van der Waals surface area contributed by atoms with Gasteiger partial charge in [-0.3, -0.25) is 9.69 Å². The second-order valence-electron chi connectivity index (χ2n) is 8.16. The van der Waals surface area contributed by atoms with Crippen molar-refractivity contribution in [3.8, 4) is 5.75 Å². The molecule has 0 spiro atoms. The summed E-state index contributed by atoms with van der Waals surface area (Å²) in [4.78, 5) is 24.2. The van der Waals surface area contributed by atoms with Gasteiger partial charge in [0.15, 0.2) is 0 Å². The highest BCUT2D eigenvalue weighted by atomic mass is 16.5. The topological polar surface area (TPSA) is 48.9 Å². The van der Waals surface area contributed by atoms with Gasteiger partial charge in [0.05, 0.1) is 13.7 Å². The first-order valence-corrected chi connectivity index (χ1v) is 11.1. The van der Waals surface area contributed by atoms with Crippen LogP contribution in [0.5, 0.6) is 5.75 Å². The van der Waals surface area contributed by atoms with Gasteiger partial charge in [0.1, 0.15) is 11.6 Å². The van der Waals surface area contributed by atoms with Gasteiger partial charge in [-0.1, -0.05) is 31.0 Å². The minimum atomic E-state index is 0.246. The first-order chi connectivity index (χ1) is 14.7. The number of rotatable bonds is 5. The van der Waals surface area contributed by atoms with E-state index in [2.05, 4.69) is 26.9 Å². The summed E-state index contributed by atoms with van der Waals surface area (Å²) in [6.07, 6.45) is 6.54. The minimum absolute atomic E-state index is 0.246. The molecule has 2 aliphatic heterocycles. The first kappa shape index (κ1) is 20.7. The molecular formula is C24H32N4O2. The maximum atomic E-state index is 13.1. The summed E-state index contributed by atoms with van der Waals surface area (Å²) in [7, 11) is 1.69. The fourth-order valence-corrected chi connectivity index (χ4v) is 4.56. The Labute approximate surface area is 179 Å². The van der Waals surface area contributed by atoms with Gasteiger partial charge in [-0.15, -0.1) is 0 Å². The Morgan fingerprint density at radius 2 is 1.80 bits per heavy atom. The third-order valence-corrected chi connectivity index (χ3v) is 6.31. The van der Waals surface area contributed by atoms with Crippen molar-refractivity contribution in [1.82, 2.24) is 14.8 Å². The number of hydrogen-bond acceptors (Lipinski definition) is 5. The zero-order valence-electron chi connectivity index (χ0n) is 17.9. The summed E-state index contributed by atoms with van der Waals surface area (Å²) >= 11 is 0. The number of carbonyl (C=O) groups is 1. The Bertz CT molecular complexity index is 804. The molecule has 2 fully saturated rings. The van der Waals surface area contributed by atoms with E-state index in [1.54, 1.807) is 7.11 Å². The minimum Gasteiger partial charge on any atom is -0.497 e. The number of benzene rings is 1. The van der Waals surface area contributed by atoms with Crippen LogP contribution < -0.4 is 9.64 Å². The largest absolute Gasteiger partial charge is 0.497 e. The molecule has 2 aliphatic rings. The maximum absolute atomic E-state index is 13.1. The van der Waals surface area contributed by atoms with E-state index in [1.807, 2.05) is 41.4 Å². The summed E-state index contributed by atoms with van der Waals surface area (Å²) in [5.74, 6) is 2.12. The first-order valence-electron chi connectivity index (χ1n) is 11.1. The zero-order valence-corrected chi connectivity index (χ0v) is 17.9. The molecule has 1 atom stereocenters. The van der Waals surface area contributed by atoms with Crippen LogP contribution in [-0.4, -0.2) is 67.1 Å². The molecule has 3 heterocycles. The van der Waals surface area contributed by atoms with E-state index in [0.717, 1.165) is 57.1 Å². The second-order valence-corrected chi connectivity index (χ2v) is 8.16. The third-order valence-electron chi connectivity index (χ3n) is 6.31. The van der Waals surface area contributed by atoms with Gasteiger partial charge in [-0.25, -0.2) is 4.98 Å². The number of piperazine rings is 1. The van der Waals surface area contributed by atoms with E-state index in [9.17, 15) is 4.79 Å². The van der Waals surface area contributed by atoms with Gasteiger partial charge in [-0.2, -0.15) is 0 Å². The van der Waals surface area contributed by atoms with E-state index < -0.39 is 0 Å². The van der Waals surface area contributed by atoms with Crippen LogP contribution in [0, 0.1) is 0 Å². The number of likely N-dealkylation sites (tertiary alicyclic amines) is 1. The van der Waals surface area contributed by atoms with Crippen molar-refractivity contribution < 1.29 is 9.53 Å². The number of pyridine rings is 1. The molecule has 1 amide bonds. The molecule has 1 aromatic heterocycles. The second kappa shape index (κ2) is 9.94. The molecule has 1 aromatic carbocycles. The molecule has 6 nitrogen and oxygen atoms in total. The van der Waals surface area contributed by atoms with Crippen LogP contribution in [0.1, 0.15) is 37.3 Å². The van der Waals surface area contributed by atoms with Gasteiger partial charge in [0, 0.05) is 38.4 Å². The van der Waals surface area contributed by atoms with Crippen LogP contribution in [0.15, 0.2) is 48.7 Å². The number of amides is 1. The van der Waals surface area contributed by atoms with E-state index >= 15 is 0 Å². The molecule has 0 aliphatic carbocycles. The number of carbonyl (C=O) groups excluding carboxylic acids is 1. The highest BCUT2D eigenvalue weighted by Gasteiger charge is 2.28. The standard InChI is InChI=1S/C24H32N4O2/c1-30-21-11-9-20(10-12-21)22-7-3-2-6-14-28(22)19-24(29)27-17-15-26(16-18-27)23-8-4-5-13-25-23/h4-5,8-13,22H,2-3,6-7,14-19H2,1H3/t22-/m1/s1. The Kier molecular flexibility index (Phi) is 6.84. The molecule has 0 N–H and O–H groups in total. The lowest BCUT2D eigenvalue weighted by Crippen LogP contribution is -2.51. The molecular weight excluding hydrogens is 376 g/mol. The van der Waals surface area contributed by atoms with E-state index in [1.165, 1.54) is 18.4 Å². The number of aromatic nitrogens is 1. The molecule has 0 saturated carbocycles. The van der Waals surface area contributed by atoms with Crippen molar-refractivity contribution in [3.63, 3.8) is 0 Å². The Morgan fingerprint density at radius 1 is 1.00 bits per heavy atom. The Hall–Kier alpha value is -2.60. The number of ether oxygens (including phenoxy) is 1. The van der Waals surface area contributed by atoms with Crippen molar-refractivity contribution in [2.75, 3.05) is 51.3 Å². The van der Waals surface area contributed by atoms with Crippen molar-refractivity contribution >= 4 is 11.7 Å². The van der Waals surface area contributed by atoms with Crippen LogP contribution in [0.25, 0.3) is 0 Å². The fraction of sp³-hybridized carbons (Fsp3) is 0.500. The maximum Gasteiger partial charge on any atom is 0.236 e. The monoisotopic (exact) mass is 408 g/mol. The summed E-state index contributed by atoms with van der Waals surface area (Å²) in [6, 6.07) is 14.6. The van der Waals surface area contributed by atoms with Gasteiger partial charge in [0.2, 0.25) is 5.91 Å². The van der Waals surface area contributed by atoms with Crippen LogP contribution in [0.2, 0.25) is 0 Å². The lowest BCUT2D eigenvalue weighted by atomic mass is 10.0. The van der Waals surface area contributed by atoms with Crippen LogP contribution in [-0.2, 0) is 4.79 Å². The zero-order chi connectivity index (χ0) is 20.8. The molecule has 0 unspecified atom stereocenters. The fourth-order valence-electron chi connectivity index (χ4n) is 4.56. The van der Waals surface area contributed by atoms with Crippen molar-refractivity contribution in [1.29, 1.82) is 0 Å². The molecule has 0 radical (unpaired) electrons. The average Bonchev–Trinajstić information content (AvgIpc) is 3.05. The van der Waals surface area contributed by atoms with Crippen molar-refractivity contribution in [3.05, 3.63) is 54.2 Å². The Morgan fingerprint density at radius 3 is 2.50 bits per heavy atom. The SMILES string of the molecule is COc1ccc([C@H]2CCCCCN2CC(=O)N2CCN(c3ccccn3)CC2)cc1. The third kappa shape index (κ3) is 4.93. The number of hydrogen-bond donors (Lipinski definition) is 0. The molecule has 4 rings (SSSR count). The van der Waals surface area contributed by atoms with Crippen LogP contribution in [0.3, 0.4) is 0 Å². The van der Waals surface area contributed by atoms with Gasteiger partial charge in [0.25, 0.3) is 0 Å². The highest BCUT2D eigenvalue weighted by molar-refractivity contribution is 5.78. The number of anilines is 1. The van der Waals surface area contributed by atoms with Gasteiger partial charge in [-0.05, 0) is 49.2 Å². The lowest BCUT2D eigenvalue weighted by Gasteiger charge is -2.37. The number of nitrogens with zero attached hydrogens (tertiary/aromatic N) is 4. The van der Waals surface area contributed by atoms with Crippen molar-refractivity contribution in [2.45, 2.75) is 31.7 Å². The van der Waals surface area contributed by atoms with Gasteiger partial charge >= 0.3 is 0 Å². The summed E-state index contributed by atoms with van der Waals surface area (Å²) in [5.41, 5.74) is 1.28. The van der Waals surface area contributed by atoms with Crippen LogP contribution >= 0.6 is 0 Å². The molecule has 2 saturated heterocycles. The molecule has 6 heteroatoms. The van der Waals surface area contributed by atoms with E-state index in [0.29, 0.717) is 12.6 Å². The molecule has 30 heavy (non-hydrogen) atoms. The van der Waals surface area contributed by atoms with Gasteiger partial charge < -0.3 is 14.5 Å². The summed E-state index contributed by atoms with van der Waals surface area (Å²) in [5, 5.41) is 0. The molecule has 0 bridgehead atoms. The van der Waals surface area contributed by atoms with Crippen LogP contribution in [0.4, 0.5) is 5.82 Å². The molecule has 2 aromatic rings. The summed E-state index contributed by atoms with van der Waals surface area (Å²) < 4.78 is 5.31. The van der Waals surface area contributed by atoms with E-state index in [-0.39, 0.29) is 5.91 Å². The number of methoxy groups -OCH3 is 1. The van der Waals surface area contributed by atoms with Crippen molar-refractivity contribution in [2.24, 2.45) is 0 Å². The normalized spacial score (nSPS) is 20.6. The van der Waals surface area contributed by atoms with E-state index in [4.69, 9.17) is 4.74 Å².